The van der Waals surface area contributed by atoms with Crippen molar-refractivity contribution in [3.05, 3.63) is 53.6 Å². The van der Waals surface area contributed by atoms with Crippen LogP contribution < -0.4 is 11.1 Å². The van der Waals surface area contributed by atoms with Gasteiger partial charge in [-0.1, -0.05) is 12.1 Å². The minimum absolute atomic E-state index is 0.159. The maximum Gasteiger partial charge on any atom is 0.255 e. The predicted octanol–water partition coefficient (Wildman–Crippen LogP) is 1.85. The molecule has 0 radical (unpaired) electrons. The third-order valence-electron chi connectivity index (χ3n) is 2.81. The van der Waals surface area contributed by atoms with Crippen molar-refractivity contribution in [2.24, 2.45) is 5.73 Å². The molecule has 5 heteroatoms. The number of benzene rings is 2. The van der Waals surface area contributed by atoms with Crippen LogP contribution in [0.1, 0.15) is 15.9 Å². The van der Waals surface area contributed by atoms with Gasteiger partial charge < -0.3 is 21.3 Å². The number of hydrogen-bond acceptors (Lipinski definition) is 4. The van der Waals surface area contributed by atoms with Crippen molar-refractivity contribution < 1.29 is 15.0 Å². The minimum Gasteiger partial charge on any atom is -0.508 e. The second-order valence-electron chi connectivity index (χ2n) is 4.43. The van der Waals surface area contributed by atoms with Crippen LogP contribution in [-0.4, -0.2) is 22.7 Å². The molecule has 104 valence electrons. The lowest BCUT2D eigenvalue weighted by Gasteiger charge is -2.07. The molecular formula is C15H16N2O3. The number of nitrogens with two attached hydrogens (primary N) is 1. The number of nitrogens with one attached hydrogen (secondary N) is 1. The molecule has 0 aliphatic carbocycles. The van der Waals surface area contributed by atoms with Gasteiger partial charge in [-0.25, -0.2) is 0 Å². The normalized spacial score (nSPS) is 10.2. The molecule has 2 aromatic carbocycles. The lowest BCUT2D eigenvalue weighted by Crippen LogP contribution is -2.11. The Labute approximate surface area is 116 Å². The molecule has 5 nitrogen and oxygen atoms in total. The fourth-order valence-electron chi connectivity index (χ4n) is 1.85. The van der Waals surface area contributed by atoms with Gasteiger partial charge in [0.25, 0.3) is 5.91 Å². The first-order valence-electron chi connectivity index (χ1n) is 6.22. The van der Waals surface area contributed by atoms with Crippen molar-refractivity contribution >= 4 is 11.6 Å². The molecule has 0 heterocycles. The average Bonchev–Trinajstić information content (AvgIpc) is 2.40. The zero-order valence-electron chi connectivity index (χ0n) is 10.8. The molecule has 2 rings (SSSR count). The third-order valence-corrected chi connectivity index (χ3v) is 2.81. The molecule has 1 amide bonds. The maximum absolute atomic E-state index is 12.0. The van der Waals surface area contributed by atoms with Crippen LogP contribution in [0.2, 0.25) is 0 Å². The van der Waals surface area contributed by atoms with E-state index >= 15 is 0 Å². The average molecular weight is 272 g/mol. The summed E-state index contributed by atoms with van der Waals surface area (Å²) in [4.78, 5) is 12.0. The van der Waals surface area contributed by atoms with Gasteiger partial charge >= 0.3 is 0 Å². The van der Waals surface area contributed by atoms with E-state index < -0.39 is 5.91 Å². The van der Waals surface area contributed by atoms with Crippen molar-refractivity contribution in [1.29, 1.82) is 0 Å². The fourth-order valence-corrected chi connectivity index (χ4v) is 1.85. The van der Waals surface area contributed by atoms with E-state index in [0.29, 0.717) is 12.2 Å². The van der Waals surface area contributed by atoms with E-state index in [0.717, 1.165) is 12.0 Å². The Morgan fingerprint density at radius 1 is 1.05 bits per heavy atom. The standard InChI is InChI=1S/C15H16N2O3/c16-6-5-10-1-3-12(4-2-10)17-15(20)11-7-13(18)9-14(19)8-11/h1-4,7-9,18-19H,5-6,16H2,(H,17,20). The number of anilines is 1. The van der Waals surface area contributed by atoms with Gasteiger partial charge in [-0.2, -0.15) is 0 Å². The van der Waals surface area contributed by atoms with Gasteiger partial charge in [0.05, 0.1) is 0 Å². The molecule has 0 saturated carbocycles. The van der Waals surface area contributed by atoms with Gasteiger partial charge in [0.15, 0.2) is 0 Å². The van der Waals surface area contributed by atoms with E-state index in [-0.39, 0.29) is 17.1 Å². The first-order chi connectivity index (χ1) is 9.58. The largest absolute Gasteiger partial charge is 0.508 e. The Kier molecular flexibility index (Phi) is 4.22. The number of rotatable bonds is 4. The summed E-state index contributed by atoms with van der Waals surface area (Å²) >= 11 is 0. The van der Waals surface area contributed by atoms with Crippen LogP contribution in [-0.2, 0) is 6.42 Å². The fraction of sp³-hybridized carbons (Fsp3) is 0.133. The van der Waals surface area contributed by atoms with Crippen LogP contribution in [0.4, 0.5) is 5.69 Å². The van der Waals surface area contributed by atoms with E-state index in [9.17, 15) is 15.0 Å². The van der Waals surface area contributed by atoms with Crippen molar-refractivity contribution in [2.75, 3.05) is 11.9 Å². The lowest BCUT2D eigenvalue weighted by molar-refractivity contribution is 0.102. The molecule has 0 unspecified atom stereocenters. The van der Waals surface area contributed by atoms with Gasteiger partial charge in [-0.05, 0) is 42.8 Å². The Morgan fingerprint density at radius 3 is 2.20 bits per heavy atom. The van der Waals surface area contributed by atoms with Gasteiger partial charge in [0, 0.05) is 17.3 Å². The molecule has 0 spiro atoms. The molecular weight excluding hydrogens is 256 g/mol. The van der Waals surface area contributed by atoms with Crippen LogP contribution in [0.15, 0.2) is 42.5 Å². The highest BCUT2D eigenvalue weighted by atomic mass is 16.3. The molecule has 5 N–H and O–H groups in total. The lowest BCUT2D eigenvalue weighted by atomic mass is 10.1. The number of amides is 1. The zero-order valence-corrected chi connectivity index (χ0v) is 10.8. The van der Waals surface area contributed by atoms with Crippen LogP contribution in [0, 0.1) is 0 Å². The SMILES string of the molecule is NCCc1ccc(NC(=O)c2cc(O)cc(O)c2)cc1. The number of carbonyl (C=O) groups excluding carboxylic acids is 1. The number of phenolic OH excluding ortho intramolecular Hbond substituents is 2. The molecule has 0 bridgehead atoms. The summed E-state index contributed by atoms with van der Waals surface area (Å²) in [6.45, 7) is 0.578. The number of phenols is 2. The molecule has 0 aliphatic heterocycles. The van der Waals surface area contributed by atoms with Gasteiger partial charge in [0.1, 0.15) is 11.5 Å². The molecule has 0 fully saturated rings. The summed E-state index contributed by atoms with van der Waals surface area (Å²) in [6.07, 6.45) is 0.786. The first-order valence-corrected chi connectivity index (χ1v) is 6.22. The van der Waals surface area contributed by atoms with Crippen LogP contribution >= 0.6 is 0 Å². The highest BCUT2D eigenvalue weighted by Crippen LogP contribution is 2.21. The number of aromatic hydroxyl groups is 2. The molecule has 0 aromatic heterocycles. The summed E-state index contributed by atoms with van der Waals surface area (Å²) < 4.78 is 0. The Hall–Kier alpha value is -2.53. The number of carbonyl (C=O) groups is 1. The monoisotopic (exact) mass is 272 g/mol. The zero-order chi connectivity index (χ0) is 14.5. The summed E-state index contributed by atoms with van der Waals surface area (Å²) in [5.41, 5.74) is 7.39. The van der Waals surface area contributed by atoms with Gasteiger partial charge in [-0.3, -0.25) is 4.79 Å². The molecule has 20 heavy (non-hydrogen) atoms. The molecule has 2 aromatic rings. The molecule has 0 atom stereocenters. The summed E-state index contributed by atoms with van der Waals surface area (Å²) in [5, 5.41) is 21.4. The Bertz CT molecular complexity index is 589. The van der Waals surface area contributed by atoms with E-state index in [1.165, 1.54) is 18.2 Å². The quantitative estimate of drug-likeness (QED) is 0.683. The summed E-state index contributed by atoms with van der Waals surface area (Å²) in [5.74, 6) is -0.718. The van der Waals surface area contributed by atoms with E-state index in [4.69, 9.17) is 5.73 Å². The molecule has 0 aliphatic rings. The van der Waals surface area contributed by atoms with Gasteiger partial charge in [-0.15, -0.1) is 0 Å². The van der Waals surface area contributed by atoms with E-state index in [1.54, 1.807) is 12.1 Å². The second-order valence-corrected chi connectivity index (χ2v) is 4.43. The van der Waals surface area contributed by atoms with Crippen molar-refractivity contribution in [1.82, 2.24) is 0 Å². The van der Waals surface area contributed by atoms with Crippen LogP contribution in [0.5, 0.6) is 11.5 Å². The van der Waals surface area contributed by atoms with Crippen molar-refractivity contribution in [2.45, 2.75) is 6.42 Å². The summed E-state index contributed by atoms with van der Waals surface area (Å²) in [7, 11) is 0. The second kappa shape index (κ2) is 6.08. The van der Waals surface area contributed by atoms with Crippen molar-refractivity contribution in [3.63, 3.8) is 0 Å². The topological polar surface area (TPSA) is 95.6 Å². The smallest absolute Gasteiger partial charge is 0.255 e. The Morgan fingerprint density at radius 2 is 1.65 bits per heavy atom. The number of hydrogen-bond donors (Lipinski definition) is 4. The van der Waals surface area contributed by atoms with Gasteiger partial charge in [0.2, 0.25) is 0 Å². The Balaban J connectivity index is 2.10. The highest BCUT2D eigenvalue weighted by molar-refractivity contribution is 6.04. The highest BCUT2D eigenvalue weighted by Gasteiger charge is 2.08. The van der Waals surface area contributed by atoms with Crippen LogP contribution in [0.3, 0.4) is 0 Å². The van der Waals surface area contributed by atoms with E-state index in [1.807, 2.05) is 12.1 Å². The third kappa shape index (κ3) is 3.49. The van der Waals surface area contributed by atoms with Crippen molar-refractivity contribution in [3.8, 4) is 11.5 Å². The molecule has 0 saturated heterocycles. The van der Waals surface area contributed by atoms with E-state index in [2.05, 4.69) is 5.32 Å². The first kappa shape index (κ1) is 13.9. The van der Waals surface area contributed by atoms with Crippen LogP contribution in [0.25, 0.3) is 0 Å². The summed E-state index contributed by atoms with van der Waals surface area (Å²) in [6, 6.07) is 11.1. The predicted molar refractivity (Wildman–Crippen MR) is 76.9 cm³/mol. The minimum atomic E-state index is -0.400. The maximum atomic E-state index is 12.0.